The van der Waals surface area contributed by atoms with E-state index in [9.17, 15) is 9.59 Å². The molecule has 9 heteroatoms. The second-order valence-electron chi connectivity index (χ2n) is 4.94. The van der Waals surface area contributed by atoms with Gasteiger partial charge in [0.05, 0.1) is 25.9 Å². The van der Waals surface area contributed by atoms with Crippen molar-refractivity contribution in [3.63, 3.8) is 0 Å². The van der Waals surface area contributed by atoms with Gasteiger partial charge >= 0.3 is 5.69 Å². The number of anilines is 1. The van der Waals surface area contributed by atoms with E-state index in [0.29, 0.717) is 43.5 Å². The number of H-pyrrole nitrogens is 1. The van der Waals surface area contributed by atoms with E-state index >= 15 is 0 Å². The molecule has 1 saturated heterocycles. The fraction of sp³-hybridized carbons (Fsp3) is 0.583. The number of rotatable bonds is 3. The first-order chi connectivity index (χ1) is 10.1. The Bertz CT molecular complexity index is 768. The Labute approximate surface area is 119 Å². The molecule has 3 heterocycles. The zero-order chi connectivity index (χ0) is 15.0. The Morgan fingerprint density at radius 2 is 2.14 bits per heavy atom. The van der Waals surface area contributed by atoms with Crippen LogP contribution in [-0.4, -0.2) is 51.6 Å². The molecule has 0 amide bonds. The first-order valence-electron chi connectivity index (χ1n) is 6.67. The lowest BCUT2D eigenvalue weighted by molar-refractivity contribution is -0.0819. The summed E-state index contributed by atoms with van der Waals surface area (Å²) in [5.74, 6) is 0.428. The fourth-order valence-electron chi connectivity index (χ4n) is 2.27. The molecule has 1 fully saturated rings. The van der Waals surface area contributed by atoms with Crippen LogP contribution in [0.2, 0.25) is 0 Å². The van der Waals surface area contributed by atoms with Crippen molar-refractivity contribution in [1.29, 1.82) is 0 Å². The summed E-state index contributed by atoms with van der Waals surface area (Å²) in [6.45, 7) is 2.21. The van der Waals surface area contributed by atoms with Crippen LogP contribution in [0.1, 0.15) is 0 Å². The van der Waals surface area contributed by atoms with Gasteiger partial charge in [0.2, 0.25) is 5.95 Å². The average Bonchev–Trinajstić information content (AvgIpc) is 2.94. The van der Waals surface area contributed by atoms with Crippen LogP contribution in [0, 0.1) is 0 Å². The van der Waals surface area contributed by atoms with Crippen LogP contribution in [-0.2, 0) is 23.6 Å². The van der Waals surface area contributed by atoms with Crippen molar-refractivity contribution < 1.29 is 9.47 Å². The predicted octanol–water partition coefficient (Wildman–Crippen LogP) is -1.21. The first-order valence-corrected chi connectivity index (χ1v) is 6.67. The molecule has 1 atom stereocenters. The minimum absolute atomic E-state index is 0.0568. The lowest BCUT2D eigenvalue weighted by Crippen LogP contribution is -2.36. The van der Waals surface area contributed by atoms with Crippen molar-refractivity contribution in [1.82, 2.24) is 19.1 Å². The zero-order valence-corrected chi connectivity index (χ0v) is 11.9. The molecule has 2 aromatic heterocycles. The second-order valence-corrected chi connectivity index (χ2v) is 4.94. The minimum Gasteiger partial charge on any atom is -0.376 e. The molecule has 1 unspecified atom stereocenters. The van der Waals surface area contributed by atoms with Crippen LogP contribution in [0.3, 0.4) is 0 Å². The summed E-state index contributed by atoms with van der Waals surface area (Å²) < 4.78 is 13.2. The van der Waals surface area contributed by atoms with Gasteiger partial charge in [-0.05, 0) is 0 Å². The molecule has 21 heavy (non-hydrogen) atoms. The van der Waals surface area contributed by atoms with Gasteiger partial charge in [-0.2, -0.15) is 4.98 Å². The molecule has 0 radical (unpaired) electrons. The topological polar surface area (TPSA) is 103 Å². The van der Waals surface area contributed by atoms with Gasteiger partial charge in [-0.1, -0.05) is 0 Å². The molecule has 3 rings (SSSR count). The summed E-state index contributed by atoms with van der Waals surface area (Å²) in [7, 11) is 3.01. The Kier molecular flexibility index (Phi) is 3.52. The van der Waals surface area contributed by atoms with Crippen molar-refractivity contribution >= 4 is 17.1 Å². The highest BCUT2D eigenvalue weighted by Crippen LogP contribution is 2.09. The van der Waals surface area contributed by atoms with Crippen LogP contribution in [0.15, 0.2) is 9.59 Å². The number of nitrogens with zero attached hydrogens (tertiary/aromatic N) is 3. The molecule has 2 aromatic rings. The van der Waals surface area contributed by atoms with Crippen LogP contribution in [0.5, 0.6) is 0 Å². The number of hydrogen-bond acceptors (Lipinski definition) is 6. The van der Waals surface area contributed by atoms with Gasteiger partial charge in [0.15, 0.2) is 11.2 Å². The van der Waals surface area contributed by atoms with Gasteiger partial charge in [0, 0.05) is 20.6 Å². The molecule has 0 aromatic carbocycles. The molecule has 0 aliphatic carbocycles. The highest BCUT2D eigenvalue weighted by Gasteiger charge is 2.16. The van der Waals surface area contributed by atoms with Crippen LogP contribution < -0.4 is 16.6 Å². The second kappa shape index (κ2) is 5.34. The molecule has 0 bridgehead atoms. The van der Waals surface area contributed by atoms with Gasteiger partial charge < -0.3 is 19.8 Å². The van der Waals surface area contributed by atoms with E-state index < -0.39 is 11.2 Å². The number of nitrogens with one attached hydrogen (secondary N) is 2. The maximum absolute atomic E-state index is 12.0. The first kappa shape index (κ1) is 13.8. The third-order valence-electron chi connectivity index (χ3n) is 3.48. The van der Waals surface area contributed by atoms with Crippen LogP contribution in [0.25, 0.3) is 11.2 Å². The lowest BCUT2D eigenvalue weighted by atomic mass is 10.3. The quantitative estimate of drug-likeness (QED) is 0.736. The predicted molar refractivity (Wildman–Crippen MR) is 75.6 cm³/mol. The number of imidazole rings is 1. The molecule has 2 N–H and O–H groups in total. The number of hydrogen-bond donors (Lipinski definition) is 2. The normalized spacial score (nSPS) is 19.0. The largest absolute Gasteiger partial charge is 0.376 e. The average molecular weight is 295 g/mol. The van der Waals surface area contributed by atoms with Gasteiger partial charge in [-0.15, -0.1) is 0 Å². The van der Waals surface area contributed by atoms with Gasteiger partial charge in [0.1, 0.15) is 0 Å². The highest BCUT2D eigenvalue weighted by molar-refractivity contribution is 5.72. The Balaban J connectivity index is 1.87. The maximum atomic E-state index is 12.0. The monoisotopic (exact) mass is 295 g/mol. The van der Waals surface area contributed by atoms with Gasteiger partial charge in [-0.25, -0.2) is 4.79 Å². The minimum atomic E-state index is -0.408. The molecule has 114 valence electrons. The summed E-state index contributed by atoms with van der Waals surface area (Å²) in [6.07, 6.45) is -0.0568. The van der Waals surface area contributed by atoms with Crippen molar-refractivity contribution in [2.24, 2.45) is 14.1 Å². The zero-order valence-electron chi connectivity index (χ0n) is 11.9. The van der Waals surface area contributed by atoms with Crippen molar-refractivity contribution in [2.45, 2.75) is 6.10 Å². The Hall–Kier alpha value is -2.13. The maximum Gasteiger partial charge on any atom is 0.332 e. The molecule has 9 nitrogen and oxygen atoms in total. The summed E-state index contributed by atoms with van der Waals surface area (Å²) in [6, 6.07) is 0. The number of aromatic amines is 1. The van der Waals surface area contributed by atoms with Crippen molar-refractivity contribution in [3.8, 4) is 0 Å². The van der Waals surface area contributed by atoms with E-state index in [0.717, 1.165) is 4.57 Å². The van der Waals surface area contributed by atoms with Crippen molar-refractivity contribution in [2.75, 3.05) is 31.7 Å². The van der Waals surface area contributed by atoms with Crippen molar-refractivity contribution in [3.05, 3.63) is 20.8 Å². The molecular weight excluding hydrogens is 278 g/mol. The van der Waals surface area contributed by atoms with Gasteiger partial charge in [-0.3, -0.25) is 13.9 Å². The number of aromatic nitrogens is 4. The third-order valence-corrected chi connectivity index (χ3v) is 3.48. The molecule has 0 spiro atoms. The van der Waals surface area contributed by atoms with E-state index in [-0.39, 0.29) is 6.10 Å². The molecule has 1 aliphatic rings. The third kappa shape index (κ3) is 2.45. The summed E-state index contributed by atoms with van der Waals surface area (Å²) in [5, 5.41) is 3.06. The number of fused-ring (bicyclic) bond motifs is 1. The standard InChI is InChI=1S/C12H17N5O4/c1-16-9-8(10(18)17(2)12(16)19)14-11(15-9)13-5-7-6-20-3-4-21-7/h7H,3-6H2,1-2H3,(H2,13,14,15). The SMILES string of the molecule is Cn1c(=O)c2[nH]c(NCC3COCCO3)nc2n(C)c1=O. The molecular formula is C12H17N5O4. The smallest absolute Gasteiger partial charge is 0.332 e. The van der Waals surface area contributed by atoms with E-state index in [4.69, 9.17) is 9.47 Å². The van der Waals surface area contributed by atoms with E-state index in [1.54, 1.807) is 7.05 Å². The highest BCUT2D eigenvalue weighted by atomic mass is 16.6. The van der Waals surface area contributed by atoms with E-state index in [2.05, 4.69) is 15.3 Å². The van der Waals surface area contributed by atoms with E-state index in [1.807, 2.05) is 0 Å². The van der Waals surface area contributed by atoms with Crippen LogP contribution >= 0.6 is 0 Å². The van der Waals surface area contributed by atoms with Gasteiger partial charge in [0.25, 0.3) is 5.56 Å². The molecule has 1 aliphatic heterocycles. The van der Waals surface area contributed by atoms with Crippen LogP contribution in [0.4, 0.5) is 5.95 Å². The lowest BCUT2D eigenvalue weighted by Gasteiger charge is -2.22. The van der Waals surface area contributed by atoms with E-state index in [1.165, 1.54) is 11.6 Å². The number of ether oxygens (including phenoxy) is 2. The Morgan fingerprint density at radius 1 is 1.33 bits per heavy atom. The Morgan fingerprint density at radius 3 is 2.86 bits per heavy atom. The molecule has 0 saturated carbocycles. The number of aryl methyl sites for hydroxylation is 1. The summed E-state index contributed by atoms with van der Waals surface area (Å²) in [5.41, 5.74) is -0.185. The summed E-state index contributed by atoms with van der Waals surface area (Å²) >= 11 is 0. The fourth-order valence-corrected chi connectivity index (χ4v) is 2.27. The summed E-state index contributed by atoms with van der Waals surface area (Å²) in [4.78, 5) is 31.0.